The molecule has 1 aliphatic heterocycles. The van der Waals surface area contributed by atoms with Crippen molar-refractivity contribution in [2.75, 3.05) is 23.4 Å². The minimum atomic E-state index is -0.273. The number of nitrogens with zero attached hydrogens (tertiary/aromatic N) is 1. The smallest absolute Gasteiger partial charge is 0.270 e. The number of benzene rings is 3. The molecule has 8 heteroatoms. The van der Waals surface area contributed by atoms with E-state index in [1.807, 2.05) is 74.5 Å². The van der Waals surface area contributed by atoms with Crippen LogP contribution >= 0.6 is 24.0 Å². The summed E-state index contributed by atoms with van der Waals surface area (Å²) >= 11 is 6.69. The van der Waals surface area contributed by atoms with E-state index >= 15 is 0 Å². The Bertz CT molecular complexity index is 1270. The van der Waals surface area contributed by atoms with Gasteiger partial charge in [-0.3, -0.25) is 14.5 Å². The van der Waals surface area contributed by atoms with Crippen LogP contribution in [0.1, 0.15) is 18.1 Å². The first kappa shape index (κ1) is 24.5. The number of ether oxygens (including phenoxy) is 2. The molecule has 178 valence electrons. The third kappa shape index (κ3) is 6.09. The Kier molecular flexibility index (Phi) is 7.84. The van der Waals surface area contributed by atoms with Gasteiger partial charge in [0.05, 0.1) is 17.2 Å². The fraction of sp³-hybridized carbons (Fsp3) is 0.148. The molecule has 1 fully saturated rings. The number of carbonyl (C=O) groups excluding carboxylic acids is 2. The van der Waals surface area contributed by atoms with Crippen LogP contribution in [0, 0.1) is 6.92 Å². The van der Waals surface area contributed by atoms with Gasteiger partial charge in [-0.2, -0.15) is 0 Å². The van der Waals surface area contributed by atoms with E-state index < -0.39 is 0 Å². The number of rotatable bonds is 8. The van der Waals surface area contributed by atoms with Crippen molar-refractivity contribution in [3.8, 4) is 11.5 Å². The summed E-state index contributed by atoms with van der Waals surface area (Å²) in [6.45, 7) is 4.11. The Morgan fingerprint density at radius 1 is 1.03 bits per heavy atom. The number of carbonyl (C=O) groups is 2. The summed E-state index contributed by atoms with van der Waals surface area (Å²) in [5, 5.41) is 2.81. The topological polar surface area (TPSA) is 67.9 Å². The van der Waals surface area contributed by atoms with Crippen LogP contribution in [0.4, 0.5) is 11.4 Å². The van der Waals surface area contributed by atoms with Crippen molar-refractivity contribution in [2.24, 2.45) is 0 Å². The number of nitrogens with one attached hydrogen (secondary N) is 1. The zero-order valence-electron chi connectivity index (χ0n) is 19.3. The van der Waals surface area contributed by atoms with Crippen molar-refractivity contribution in [3.63, 3.8) is 0 Å². The van der Waals surface area contributed by atoms with Crippen molar-refractivity contribution in [1.29, 1.82) is 0 Å². The van der Waals surface area contributed by atoms with Gasteiger partial charge in [-0.1, -0.05) is 65.9 Å². The maximum Gasteiger partial charge on any atom is 0.270 e. The molecular weight excluding hydrogens is 480 g/mol. The Morgan fingerprint density at radius 3 is 2.49 bits per heavy atom. The van der Waals surface area contributed by atoms with Crippen LogP contribution in [0.5, 0.6) is 11.5 Å². The second-order valence-corrected chi connectivity index (χ2v) is 9.37. The lowest BCUT2D eigenvalue weighted by Gasteiger charge is -2.14. The summed E-state index contributed by atoms with van der Waals surface area (Å²) in [6.07, 6.45) is 1.78. The van der Waals surface area contributed by atoms with Gasteiger partial charge in [0.1, 0.15) is 0 Å². The quantitative estimate of drug-likeness (QED) is 0.308. The summed E-state index contributed by atoms with van der Waals surface area (Å²) in [4.78, 5) is 27.3. The summed E-state index contributed by atoms with van der Waals surface area (Å²) in [6, 6.07) is 22.2. The molecule has 0 radical (unpaired) electrons. The highest BCUT2D eigenvalue weighted by Crippen LogP contribution is 2.37. The van der Waals surface area contributed by atoms with Gasteiger partial charge in [0.15, 0.2) is 22.4 Å². The van der Waals surface area contributed by atoms with Gasteiger partial charge >= 0.3 is 0 Å². The first-order valence-electron chi connectivity index (χ1n) is 11.0. The van der Waals surface area contributed by atoms with Gasteiger partial charge in [-0.15, -0.1) is 0 Å². The van der Waals surface area contributed by atoms with Crippen LogP contribution in [-0.4, -0.2) is 29.3 Å². The second-order valence-electron chi connectivity index (χ2n) is 7.69. The maximum absolute atomic E-state index is 13.0. The standard InChI is InChI=1S/C27H24N2O4S2/c1-3-32-23-15-19(16-24-26(31)29(27(34)35-24)21-7-5-4-6-8-21)11-14-22(23)33-17-25(30)28-20-12-9-18(2)10-13-20/h4-16H,3,17H2,1-2H3,(H,28,30)/b24-16-. The summed E-state index contributed by atoms with van der Waals surface area (Å²) in [5.74, 6) is 0.491. The van der Waals surface area contributed by atoms with Crippen LogP contribution in [0.3, 0.4) is 0 Å². The van der Waals surface area contributed by atoms with Gasteiger partial charge < -0.3 is 14.8 Å². The Morgan fingerprint density at radius 2 is 1.77 bits per heavy atom. The number of anilines is 2. The molecule has 4 rings (SSSR count). The number of thioether (sulfide) groups is 1. The average molecular weight is 505 g/mol. The molecule has 0 saturated carbocycles. The van der Waals surface area contributed by atoms with Crippen molar-refractivity contribution in [3.05, 3.63) is 88.8 Å². The number of amides is 2. The average Bonchev–Trinajstić information content (AvgIpc) is 3.13. The molecule has 1 saturated heterocycles. The molecule has 1 N–H and O–H groups in total. The Hall–Kier alpha value is -3.62. The minimum Gasteiger partial charge on any atom is -0.490 e. The normalized spacial score (nSPS) is 14.3. The summed E-state index contributed by atoms with van der Waals surface area (Å²) < 4.78 is 11.9. The fourth-order valence-corrected chi connectivity index (χ4v) is 4.70. The third-order valence-corrected chi connectivity index (χ3v) is 6.37. The predicted molar refractivity (Wildman–Crippen MR) is 145 cm³/mol. The molecule has 1 aliphatic rings. The number of thiocarbonyl (C=S) groups is 1. The molecule has 0 atom stereocenters. The fourth-order valence-electron chi connectivity index (χ4n) is 3.40. The predicted octanol–water partition coefficient (Wildman–Crippen LogP) is 5.82. The number of hydrogen-bond donors (Lipinski definition) is 1. The molecule has 0 spiro atoms. The highest BCUT2D eigenvalue weighted by atomic mass is 32.2. The molecular formula is C27H24N2O4S2. The first-order valence-corrected chi connectivity index (χ1v) is 12.3. The van der Waals surface area contributed by atoms with Gasteiger partial charge in [0.2, 0.25) is 0 Å². The lowest BCUT2D eigenvalue weighted by molar-refractivity contribution is -0.118. The SMILES string of the molecule is CCOc1cc(/C=C2\SC(=S)N(c3ccccc3)C2=O)ccc1OCC(=O)Nc1ccc(C)cc1. The van der Waals surface area contributed by atoms with Crippen LogP contribution < -0.4 is 19.7 Å². The Labute approximate surface area is 213 Å². The largest absolute Gasteiger partial charge is 0.490 e. The number of aryl methyl sites for hydroxylation is 1. The highest BCUT2D eigenvalue weighted by Gasteiger charge is 2.33. The van der Waals surface area contributed by atoms with E-state index in [0.29, 0.717) is 33.0 Å². The molecule has 35 heavy (non-hydrogen) atoms. The van der Waals surface area contributed by atoms with Crippen molar-refractivity contribution in [2.45, 2.75) is 13.8 Å². The van der Waals surface area contributed by atoms with E-state index in [-0.39, 0.29) is 18.4 Å². The lowest BCUT2D eigenvalue weighted by atomic mass is 10.1. The van der Waals surface area contributed by atoms with Crippen LogP contribution in [-0.2, 0) is 9.59 Å². The molecule has 6 nitrogen and oxygen atoms in total. The zero-order chi connectivity index (χ0) is 24.8. The number of para-hydroxylation sites is 1. The van der Waals surface area contributed by atoms with Crippen LogP contribution in [0.2, 0.25) is 0 Å². The molecule has 0 aliphatic carbocycles. The van der Waals surface area contributed by atoms with Gasteiger partial charge in [-0.05, 0) is 61.9 Å². The monoisotopic (exact) mass is 504 g/mol. The first-order chi connectivity index (χ1) is 16.9. The van der Waals surface area contributed by atoms with E-state index in [2.05, 4.69) is 5.32 Å². The van der Waals surface area contributed by atoms with Crippen molar-refractivity contribution < 1.29 is 19.1 Å². The zero-order valence-corrected chi connectivity index (χ0v) is 20.9. The molecule has 3 aromatic rings. The molecule has 3 aromatic carbocycles. The van der Waals surface area contributed by atoms with E-state index in [9.17, 15) is 9.59 Å². The lowest BCUT2D eigenvalue weighted by Crippen LogP contribution is -2.27. The molecule has 2 amide bonds. The summed E-state index contributed by atoms with van der Waals surface area (Å²) in [7, 11) is 0. The maximum atomic E-state index is 13.0. The number of hydrogen-bond acceptors (Lipinski definition) is 6. The van der Waals surface area contributed by atoms with E-state index in [1.165, 1.54) is 16.7 Å². The van der Waals surface area contributed by atoms with Crippen LogP contribution in [0.25, 0.3) is 6.08 Å². The van der Waals surface area contributed by atoms with Crippen LogP contribution in [0.15, 0.2) is 77.7 Å². The van der Waals surface area contributed by atoms with Gasteiger partial charge in [0.25, 0.3) is 11.8 Å². The molecule has 1 heterocycles. The third-order valence-electron chi connectivity index (χ3n) is 5.07. The highest BCUT2D eigenvalue weighted by molar-refractivity contribution is 8.27. The van der Waals surface area contributed by atoms with Gasteiger partial charge in [0, 0.05) is 5.69 Å². The van der Waals surface area contributed by atoms with E-state index in [1.54, 1.807) is 18.2 Å². The second kappa shape index (κ2) is 11.2. The summed E-state index contributed by atoms with van der Waals surface area (Å²) in [5.41, 5.74) is 3.32. The van der Waals surface area contributed by atoms with E-state index in [0.717, 1.165) is 16.8 Å². The molecule has 0 unspecified atom stereocenters. The van der Waals surface area contributed by atoms with E-state index in [4.69, 9.17) is 21.7 Å². The van der Waals surface area contributed by atoms with Crippen molar-refractivity contribution >= 4 is 57.6 Å². The molecule has 0 aromatic heterocycles. The van der Waals surface area contributed by atoms with Crippen molar-refractivity contribution in [1.82, 2.24) is 0 Å². The van der Waals surface area contributed by atoms with Gasteiger partial charge in [-0.25, -0.2) is 0 Å². The Balaban J connectivity index is 1.46. The minimum absolute atomic E-state index is 0.164. The molecule has 0 bridgehead atoms.